The maximum absolute atomic E-state index is 13.6. The van der Waals surface area contributed by atoms with Crippen LogP contribution in [-0.2, 0) is 16.0 Å². The number of hydrogen-bond acceptors (Lipinski definition) is 7. The molecule has 3 amide bonds. The van der Waals surface area contributed by atoms with E-state index in [-0.39, 0.29) is 43.1 Å². The van der Waals surface area contributed by atoms with Crippen LogP contribution in [0.1, 0.15) is 55.3 Å². The molecule has 0 fully saturated rings. The molecule has 0 bridgehead atoms. The van der Waals surface area contributed by atoms with E-state index < -0.39 is 12.0 Å². The van der Waals surface area contributed by atoms with Crippen LogP contribution in [0, 0.1) is 0 Å². The van der Waals surface area contributed by atoms with E-state index in [9.17, 15) is 19.2 Å². The fraction of sp³-hybridized carbons (Fsp3) is 0.250. The summed E-state index contributed by atoms with van der Waals surface area (Å²) < 4.78 is 10.6. The molecule has 10 heteroatoms. The normalized spacial score (nSPS) is 16.3. The minimum atomic E-state index is -0.585. The van der Waals surface area contributed by atoms with Crippen LogP contribution in [0.5, 0.6) is 5.75 Å². The van der Waals surface area contributed by atoms with Crippen LogP contribution < -0.4 is 10.1 Å². The number of H-pyrrole nitrogens is 1. The second-order valence-electron chi connectivity index (χ2n) is 10.3. The molecule has 1 atom stereocenters. The minimum Gasteiger partial charge on any atom is -0.497 e. The molecule has 0 saturated heterocycles. The fourth-order valence-electron chi connectivity index (χ4n) is 5.83. The summed E-state index contributed by atoms with van der Waals surface area (Å²) in [5, 5.41) is 3.53. The predicted molar refractivity (Wildman–Crippen MR) is 156 cm³/mol. The van der Waals surface area contributed by atoms with Crippen molar-refractivity contribution < 1.29 is 28.7 Å². The molecule has 0 radical (unpaired) electrons. The summed E-state index contributed by atoms with van der Waals surface area (Å²) in [6.45, 7) is 2.52. The van der Waals surface area contributed by atoms with Crippen molar-refractivity contribution in [3.05, 3.63) is 94.7 Å². The number of carbonyl (C=O) groups excluding carboxylic acids is 4. The molecule has 10 nitrogen and oxygen atoms in total. The first-order valence-corrected chi connectivity index (χ1v) is 13.8. The highest BCUT2D eigenvalue weighted by Gasteiger charge is 2.39. The number of benzene rings is 3. The topological polar surface area (TPSA) is 121 Å². The number of methoxy groups -OCH3 is 1. The summed E-state index contributed by atoms with van der Waals surface area (Å²) in [5.41, 5.74) is 3.95. The van der Waals surface area contributed by atoms with Crippen molar-refractivity contribution in [2.45, 2.75) is 19.4 Å². The fourth-order valence-corrected chi connectivity index (χ4v) is 5.83. The van der Waals surface area contributed by atoms with E-state index in [1.165, 1.54) is 4.90 Å². The SMILES string of the molecule is CCOC(=O)c1[nH]c2ccc(OC)cc2c1NC(=O)CN1CCc2ccccc2[C@@H]1CN1C(=O)c2ccccc2C1=O. The van der Waals surface area contributed by atoms with Crippen LogP contribution >= 0.6 is 0 Å². The maximum Gasteiger partial charge on any atom is 0.356 e. The summed E-state index contributed by atoms with van der Waals surface area (Å²) in [6, 6.07) is 19.6. The van der Waals surface area contributed by atoms with Crippen LogP contribution in [0.2, 0.25) is 0 Å². The first-order valence-electron chi connectivity index (χ1n) is 13.8. The van der Waals surface area contributed by atoms with Gasteiger partial charge in [0.05, 0.1) is 43.1 Å². The molecule has 2 aliphatic rings. The lowest BCUT2D eigenvalue weighted by atomic mass is 9.92. The third-order valence-electron chi connectivity index (χ3n) is 7.85. The summed E-state index contributed by atoms with van der Waals surface area (Å²) in [4.78, 5) is 59.1. The first-order chi connectivity index (χ1) is 20.4. The Morgan fingerprint density at radius 1 is 1.00 bits per heavy atom. The molecule has 1 aromatic heterocycles. The van der Waals surface area contributed by atoms with Gasteiger partial charge in [0.1, 0.15) is 11.4 Å². The van der Waals surface area contributed by atoms with Crippen LogP contribution in [0.4, 0.5) is 5.69 Å². The molecule has 6 rings (SSSR count). The molecule has 0 saturated carbocycles. The first kappa shape index (κ1) is 27.2. The van der Waals surface area contributed by atoms with Crippen molar-refractivity contribution in [2.75, 3.05) is 38.7 Å². The highest BCUT2D eigenvalue weighted by atomic mass is 16.5. The molecule has 2 aliphatic heterocycles. The molecule has 42 heavy (non-hydrogen) atoms. The van der Waals surface area contributed by atoms with Gasteiger partial charge in [-0.2, -0.15) is 0 Å². The van der Waals surface area contributed by atoms with Crippen molar-refractivity contribution in [1.29, 1.82) is 0 Å². The molecule has 4 aromatic rings. The molecular formula is C32H30N4O6. The Morgan fingerprint density at radius 3 is 2.43 bits per heavy atom. The number of nitrogens with one attached hydrogen (secondary N) is 2. The summed E-state index contributed by atoms with van der Waals surface area (Å²) in [5.74, 6) is -1.04. The Hall–Kier alpha value is -4.96. The number of hydrogen-bond donors (Lipinski definition) is 2. The van der Waals surface area contributed by atoms with Gasteiger partial charge in [-0.25, -0.2) is 4.79 Å². The van der Waals surface area contributed by atoms with Crippen LogP contribution in [-0.4, -0.2) is 71.8 Å². The van der Waals surface area contributed by atoms with Gasteiger partial charge in [0, 0.05) is 24.0 Å². The number of esters is 1. The Labute approximate surface area is 242 Å². The lowest BCUT2D eigenvalue weighted by Gasteiger charge is -2.38. The Morgan fingerprint density at radius 2 is 1.71 bits per heavy atom. The van der Waals surface area contributed by atoms with Crippen molar-refractivity contribution in [1.82, 2.24) is 14.8 Å². The van der Waals surface area contributed by atoms with Gasteiger partial charge >= 0.3 is 5.97 Å². The van der Waals surface area contributed by atoms with Gasteiger partial charge in [0.15, 0.2) is 0 Å². The number of fused-ring (bicyclic) bond motifs is 3. The van der Waals surface area contributed by atoms with Crippen molar-refractivity contribution in [3.63, 3.8) is 0 Å². The smallest absolute Gasteiger partial charge is 0.356 e. The van der Waals surface area contributed by atoms with E-state index in [1.54, 1.807) is 56.5 Å². The quantitative estimate of drug-likeness (QED) is 0.242. The summed E-state index contributed by atoms with van der Waals surface area (Å²) in [6.07, 6.45) is 0.709. The highest BCUT2D eigenvalue weighted by Crippen LogP contribution is 2.34. The minimum absolute atomic E-state index is 0.0267. The predicted octanol–water partition coefficient (Wildman–Crippen LogP) is 4.19. The number of nitrogens with zero attached hydrogens (tertiary/aromatic N) is 2. The van der Waals surface area contributed by atoms with E-state index in [1.807, 2.05) is 29.2 Å². The number of imide groups is 1. The zero-order chi connectivity index (χ0) is 29.4. The van der Waals surface area contributed by atoms with Gasteiger partial charge in [-0.1, -0.05) is 36.4 Å². The zero-order valence-electron chi connectivity index (χ0n) is 23.3. The Kier molecular flexibility index (Phi) is 7.22. The molecule has 0 spiro atoms. The summed E-state index contributed by atoms with van der Waals surface area (Å²) in [7, 11) is 1.54. The van der Waals surface area contributed by atoms with E-state index in [4.69, 9.17) is 9.47 Å². The number of carbonyl (C=O) groups is 4. The highest BCUT2D eigenvalue weighted by molar-refractivity contribution is 6.21. The van der Waals surface area contributed by atoms with Crippen molar-refractivity contribution in [2.24, 2.45) is 0 Å². The standard InChI is InChI=1S/C32H30N4O6/c1-3-42-32(40)29-28(24-16-20(41-2)12-13-25(24)33-29)34-27(37)18-35-15-14-19-8-4-5-9-21(19)26(35)17-36-30(38)22-10-6-7-11-23(22)31(36)39/h4-13,16,26,33H,3,14-15,17-18H2,1-2H3,(H,34,37)/t26-/m0/s1. The average Bonchev–Trinajstić information content (AvgIpc) is 3.48. The number of anilines is 1. The van der Waals surface area contributed by atoms with Gasteiger partial charge in [0.2, 0.25) is 5.91 Å². The largest absolute Gasteiger partial charge is 0.497 e. The number of rotatable bonds is 8. The van der Waals surface area contributed by atoms with Gasteiger partial charge in [-0.3, -0.25) is 24.2 Å². The number of ether oxygens (including phenoxy) is 2. The molecule has 3 heterocycles. The van der Waals surface area contributed by atoms with Crippen LogP contribution in [0.25, 0.3) is 10.9 Å². The third kappa shape index (κ3) is 4.79. The van der Waals surface area contributed by atoms with Crippen LogP contribution in [0.3, 0.4) is 0 Å². The number of aromatic amines is 1. The second kappa shape index (κ2) is 11.1. The van der Waals surface area contributed by atoms with Gasteiger partial charge in [0.25, 0.3) is 11.8 Å². The van der Waals surface area contributed by atoms with Crippen molar-refractivity contribution >= 4 is 40.3 Å². The van der Waals surface area contributed by atoms with Crippen LogP contribution in [0.15, 0.2) is 66.7 Å². The van der Waals surface area contributed by atoms with Gasteiger partial charge < -0.3 is 19.8 Å². The lowest BCUT2D eigenvalue weighted by Crippen LogP contribution is -2.46. The lowest BCUT2D eigenvalue weighted by molar-refractivity contribution is -0.118. The maximum atomic E-state index is 13.6. The third-order valence-corrected chi connectivity index (χ3v) is 7.85. The monoisotopic (exact) mass is 566 g/mol. The van der Waals surface area contributed by atoms with E-state index in [0.717, 1.165) is 11.1 Å². The number of aromatic nitrogens is 1. The zero-order valence-corrected chi connectivity index (χ0v) is 23.3. The molecule has 214 valence electrons. The summed E-state index contributed by atoms with van der Waals surface area (Å²) >= 11 is 0. The molecule has 0 unspecified atom stereocenters. The van der Waals surface area contributed by atoms with E-state index >= 15 is 0 Å². The average molecular weight is 567 g/mol. The van der Waals surface area contributed by atoms with Gasteiger partial charge in [-0.05, 0) is 54.8 Å². The second-order valence-corrected chi connectivity index (χ2v) is 10.3. The van der Waals surface area contributed by atoms with Crippen molar-refractivity contribution in [3.8, 4) is 5.75 Å². The van der Waals surface area contributed by atoms with E-state index in [0.29, 0.717) is 46.4 Å². The molecule has 0 aliphatic carbocycles. The molecular weight excluding hydrogens is 536 g/mol. The molecule has 3 aromatic carbocycles. The number of amides is 3. The molecule has 2 N–H and O–H groups in total. The Bertz CT molecular complexity index is 1690. The van der Waals surface area contributed by atoms with E-state index in [2.05, 4.69) is 10.3 Å². The van der Waals surface area contributed by atoms with Gasteiger partial charge in [-0.15, -0.1) is 0 Å². The Balaban J connectivity index is 1.29.